The molecular weight excluding hydrogens is 254 g/mol. The Morgan fingerprint density at radius 1 is 1.28 bits per heavy atom. The fraction of sp³-hybridized carbons (Fsp3) is 0.462. The summed E-state index contributed by atoms with van der Waals surface area (Å²) in [6, 6.07) is 5.13. The molecule has 0 saturated carbocycles. The lowest BCUT2D eigenvalue weighted by atomic mass is 10.1. The van der Waals surface area contributed by atoms with Crippen molar-refractivity contribution in [3.63, 3.8) is 0 Å². The Balaban J connectivity index is 2.70. The van der Waals surface area contributed by atoms with Crippen LogP contribution < -0.4 is 14.8 Å². The Bertz CT molecular complexity index is 396. The molecule has 0 aliphatic heterocycles. The van der Waals surface area contributed by atoms with Crippen LogP contribution in [0.15, 0.2) is 18.2 Å². The van der Waals surface area contributed by atoms with Crippen LogP contribution in [0.2, 0.25) is 0 Å². The second-order valence-corrected chi connectivity index (χ2v) is 4.10. The largest absolute Gasteiger partial charge is 0.497 e. The lowest BCUT2D eigenvalue weighted by molar-refractivity contribution is 0.0949. The van der Waals surface area contributed by atoms with Crippen LogP contribution >= 0.6 is 11.6 Å². The van der Waals surface area contributed by atoms with Gasteiger partial charge in [0.1, 0.15) is 11.5 Å². The molecule has 0 bridgehead atoms. The second-order valence-electron chi connectivity index (χ2n) is 3.72. The fourth-order valence-electron chi connectivity index (χ4n) is 1.51. The van der Waals surface area contributed by atoms with Crippen LogP contribution in [0.1, 0.15) is 23.2 Å². The van der Waals surface area contributed by atoms with Crippen LogP contribution in [0.3, 0.4) is 0 Å². The van der Waals surface area contributed by atoms with Crippen LogP contribution in [0, 0.1) is 0 Å². The van der Waals surface area contributed by atoms with E-state index in [1.165, 1.54) is 7.11 Å². The number of carbonyl (C=O) groups is 1. The number of hydrogen-bond acceptors (Lipinski definition) is 3. The molecule has 0 aliphatic rings. The highest BCUT2D eigenvalue weighted by atomic mass is 35.5. The molecule has 1 aromatic rings. The van der Waals surface area contributed by atoms with E-state index in [1.54, 1.807) is 25.3 Å². The predicted molar refractivity (Wildman–Crippen MR) is 71.8 cm³/mol. The van der Waals surface area contributed by atoms with Crippen LogP contribution in [-0.2, 0) is 0 Å². The number of methoxy groups -OCH3 is 2. The summed E-state index contributed by atoms with van der Waals surface area (Å²) in [4.78, 5) is 12.0. The number of alkyl halides is 1. The van der Waals surface area contributed by atoms with E-state index in [9.17, 15) is 4.79 Å². The molecule has 0 spiro atoms. The van der Waals surface area contributed by atoms with E-state index in [-0.39, 0.29) is 5.91 Å². The van der Waals surface area contributed by atoms with Gasteiger partial charge in [-0.05, 0) is 31.0 Å². The molecular formula is C13H18ClNO3. The first-order chi connectivity index (χ1) is 8.72. The summed E-state index contributed by atoms with van der Waals surface area (Å²) in [5, 5.41) is 2.83. The smallest absolute Gasteiger partial charge is 0.255 e. The van der Waals surface area contributed by atoms with Gasteiger partial charge in [-0.3, -0.25) is 4.79 Å². The van der Waals surface area contributed by atoms with Crippen molar-refractivity contribution in [2.24, 2.45) is 0 Å². The third-order valence-electron chi connectivity index (χ3n) is 2.50. The highest BCUT2D eigenvalue weighted by molar-refractivity contribution is 6.17. The monoisotopic (exact) mass is 271 g/mol. The Labute approximate surface area is 112 Å². The van der Waals surface area contributed by atoms with E-state index in [2.05, 4.69) is 5.32 Å². The minimum Gasteiger partial charge on any atom is -0.497 e. The molecule has 4 nitrogen and oxygen atoms in total. The van der Waals surface area contributed by atoms with Gasteiger partial charge in [0.05, 0.1) is 19.8 Å². The van der Waals surface area contributed by atoms with E-state index in [0.29, 0.717) is 29.5 Å². The maximum Gasteiger partial charge on any atom is 0.255 e. The van der Waals surface area contributed by atoms with Crippen molar-refractivity contribution in [3.05, 3.63) is 23.8 Å². The number of carbonyl (C=O) groups excluding carboxylic acids is 1. The molecule has 1 aromatic carbocycles. The second kappa shape index (κ2) is 7.82. The number of unbranched alkanes of at least 4 members (excludes halogenated alkanes) is 1. The molecule has 1 rings (SSSR count). The van der Waals surface area contributed by atoms with E-state index in [4.69, 9.17) is 21.1 Å². The molecule has 1 N–H and O–H groups in total. The summed E-state index contributed by atoms with van der Waals surface area (Å²) in [5.74, 6) is 1.60. The zero-order valence-electron chi connectivity index (χ0n) is 10.7. The minimum absolute atomic E-state index is 0.166. The molecule has 0 radical (unpaired) electrons. The number of amides is 1. The molecule has 1 amide bonds. The maximum atomic E-state index is 12.0. The Morgan fingerprint density at radius 3 is 2.67 bits per heavy atom. The van der Waals surface area contributed by atoms with E-state index < -0.39 is 0 Å². The number of hydrogen-bond donors (Lipinski definition) is 1. The van der Waals surface area contributed by atoms with E-state index in [1.807, 2.05) is 0 Å². The molecule has 0 atom stereocenters. The van der Waals surface area contributed by atoms with Gasteiger partial charge < -0.3 is 14.8 Å². The predicted octanol–water partition coefficient (Wildman–Crippen LogP) is 2.45. The zero-order chi connectivity index (χ0) is 13.4. The minimum atomic E-state index is -0.166. The van der Waals surface area contributed by atoms with Crippen molar-refractivity contribution < 1.29 is 14.3 Å². The van der Waals surface area contributed by atoms with Gasteiger partial charge in [-0.15, -0.1) is 11.6 Å². The summed E-state index contributed by atoms with van der Waals surface area (Å²) < 4.78 is 10.3. The molecule has 0 unspecified atom stereocenters. The Kier molecular flexibility index (Phi) is 6.36. The Morgan fingerprint density at radius 2 is 2.06 bits per heavy atom. The van der Waals surface area contributed by atoms with Crippen LogP contribution in [0.4, 0.5) is 0 Å². The highest BCUT2D eigenvalue weighted by Crippen LogP contribution is 2.23. The number of halogens is 1. The third-order valence-corrected chi connectivity index (χ3v) is 2.76. The fourth-order valence-corrected chi connectivity index (χ4v) is 1.70. The lowest BCUT2D eigenvalue weighted by Crippen LogP contribution is -2.25. The lowest BCUT2D eigenvalue weighted by Gasteiger charge is -2.10. The van der Waals surface area contributed by atoms with Crippen molar-refractivity contribution >= 4 is 17.5 Å². The summed E-state index contributed by atoms with van der Waals surface area (Å²) in [7, 11) is 3.09. The SMILES string of the molecule is COc1ccc(OC)c(C(=O)NCCCCCl)c1. The van der Waals surface area contributed by atoms with Gasteiger partial charge in [-0.2, -0.15) is 0 Å². The van der Waals surface area contributed by atoms with Crippen molar-refractivity contribution in [2.45, 2.75) is 12.8 Å². The van der Waals surface area contributed by atoms with Gasteiger partial charge in [0.2, 0.25) is 0 Å². The molecule has 0 aromatic heterocycles. The first-order valence-electron chi connectivity index (χ1n) is 5.79. The summed E-state index contributed by atoms with van der Waals surface area (Å²) in [5.41, 5.74) is 0.475. The first kappa shape index (κ1) is 14.6. The Hall–Kier alpha value is -1.42. The van der Waals surface area contributed by atoms with Gasteiger partial charge in [0.15, 0.2) is 0 Å². The van der Waals surface area contributed by atoms with Crippen molar-refractivity contribution in [1.29, 1.82) is 0 Å². The maximum absolute atomic E-state index is 12.0. The van der Waals surface area contributed by atoms with E-state index >= 15 is 0 Å². The van der Waals surface area contributed by atoms with Gasteiger partial charge in [0.25, 0.3) is 5.91 Å². The molecule has 0 heterocycles. The summed E-state index contributed by atoms with van der Waals surface area (Å²) in [6.07, 6.45) is 1.75. The zero-order valence-corrected chi connectivity index (χ0v) is 11.4. The first-order valence-corrected chi connectivity index (χ1v) is 6.32. The van der Waals surface area contributed by atoms with Gasteiger partial charge in [-0.1, -0.05) is 0 Å². The van der Waals surface area contributed by atoms with Gasteiger partial charge in [-0.25, -0.2) is 0 Å². The number of ether oxygens (including phenoxy) is 2. The van der Waals surface area contributed by atoms with Crippen LogP contribution in [0.5, 0.6) is 11.5 Å². The number of rotatable bonds is 7. The summed E-state index contributed by atoms with van der Waals surface area (Å²) in [6.45, 7) is 0.603. The molecule has 18 heavy (non-hydrogen) atoms. The number of nitrogens with one attached hydrogen (secondary N) is 1. The topological polar surface area (TPSA) is 47.6 Å². The average molecular weight is 272 g/mol. The highest BCUT2D eigenvalue weighted by Gasteiger charge is 2.12. The third kappa shape index (κ3) is 4.11. The standard InChI is InChI=1S/C13H18ClNO3/c1-17-10-5-6-12(18-2)11(9-10)13(16)15-8-4-3-7-14/h5-6,9H,3-4,7-8H2,1-2H3,(H,15,16). The van der Waals surface area contributed by atoms with Crippen LogP contribution in [-0.4, -0.2) is 32.6 Å². The molecule has 5 heteroatoms. The molecule has 0 saturated heterocycles. The van der Waals surface area contributed by atoms with Crippen molar-refractivity contribution in [1.82, 2.24) is 5.32 Å². The normalized spacial score (nSPS) is 9.94. The van der Waals surface area contributed by atoms with Crippen molar-refractivity contribution in [3.8, 4) is 11.5 Å². The van der Waals surface area contributed by atoms with Gasteiger partial charge >= 0.3 is 0 Å². The molecule has 100 valence electrons. The van der Waals surface area contributed by atoms with E-state index in [0.717, 1.165) is 12.8 Å². The van der Waals surface area contributed by atoms with Crippen molar-refractivity contribution in [2.75, 3.05) is 26.6 Å². The molecule has 0 aliphatic carbocycles. The molecule has 0 fully saturated rings. The quantitative estimate of drug-likeness (QED) is 0.612. The summed E-state index contributed by atoms with van der Waals surface area (Å²) >= 11 is 5.57. The van der Waals surface area contributed by atoms with Crippen LogP contribution in [0.25, 0.3) is 0 Å². The number of benzene rings is 1. The average Bonchev–Trinajstić information content (AvgIpc) is 2.42. The van der Waals surface area contributed by atoms with Gasteiger partial charge in [0, 0.05) is 12.4 Å².